The fourth-order valence-corrected chi connectivity index (χ4v) is 2.09. The third kappa shape index (κ3) is 2.69. The van der Waals surface area contributed by atoms with Crippen molar-refractivity contribution in [2.45, 2.75) is 6.54 Å². The lowest BCUT2D eigenvalue weighted by atomic mass is 10.2. The summed E-state index contributed by atoms with van der Waals surface area (Å²) in [5.74, 6) is -0.647. The first-order chi connectivity index (χ1) is 10.3. The van der Waals surface area contributed by atoms with Crippen molar-refractivity contribution in [1.82, 2.24) is 15.0 Å². The highest BCUT2D eigenvalue weighted by atomic mass is 16.5. The van der Waals surface area contributed by atoms with Gasteiger partial charge in [-0.15, -0.1) is 5.10 Å². The van der Waals surface area contributed by atoms with Gasteiger partial charge in [0.15, 0.2) is 0 Å². The Morgan fingerprint density at radius 3 is 2.76 bits per heavy atom. The van der Waals surface area contributed by atoms with Gasteiger partial charge in [-0.25, -0.2) is 9.48 Å². The Kier molecular flexibility index (Phi) is 3.51. The van der Waals surface area contributed by atoms with E-state index in [0.717, 1.165) is 11.0 Å². The van der Waals surface area contributed by atoms with E-state index in [4.69, 9.17) is 9.84 Å². The number of hydrogen-bond donors (Lipinski definition) is 1. The first kappa shape index (κ1) is 13.1. The fraction of sp³-hybridized carbons (Fsp3) is 0.133. The summed E-state index contributed by atoms with van der Waals surface area (Å²) in [5, 5.41) is 17.2. The maximum absolute atomic E-state index is 11.1. The van der Waals surface area contributed by atoms with Crippen LogP contribution in [0.1, 0.15) is 10.4 Å². The van der Waals surface area contributed by atoms with Gasteiger partial charge < -0.3 is 9.84 Å². The van der Waals surface area contributed by atoms with Gasteiger partial charge >= 0.3 is 5.97 Å². The van der Waals surface area contributed by atoms with E-state index in [1.165, 1.54) is 6.07 Å². The van der Waals surface area contributed by atoms with Crippen molar-refractivity contribution in [1.29, 1.82) is 0 Å². The molecule has 3 aromatic rings. The van der Waals surface area contributed by atoms with E-state index in [0.29, 0.717) is 18.9 Å². The van der Waals surface area contributed by atoms with Gasteiger partial charge in [0.1, 0.15) is 23.4 Å². The van der Waals surface area contributed by atoms with Gasteiger partial charge in [-0.1, -0.05) is 29.5 Å². The van der Waals surface area contributed by atoms with Gasteiger partial charge in [0.25, 0.3) is 0 Å². The van der Waals surface area contributed by atoms with Gasteiger partial charge in [0.05, 0.1) is 12.1 Å². The number of carbonyl (C=O) groups is 1. The normalized spacial score (nSPS) is 10.7. The lowest BCUT2D eigenvalue weighted by Gasteiger charge is -2.09. The van der Waals surface area contributed by atoms with Crippen molar-refractivity contribution in [2.75, 3.05) is 6.61 Å². The van der Waals surface area contributed by atoms with Crippen LogP contribution in [0.15, 0.2) is 48.5 Å². The molecule has 0 fully saturated rings. The van der Waals surface area contributed by atoms with E-state index in [1.807, 2.05) is 24.3 Å². The largest absolute Gasteiger partial charge is 0.491 e. The number of ether oxygens (including phenoxy) is 1. The van der Waals surface area contributed by atoms with Crippen LogP contribution in [0, 0.1) is 0 Å². The SMILES string of the molecule is O=C(O)c1ccccc1OCCn1nnc2ccccc21. The molecule has 21 heavy (non-hydrogen) atoms. The molecule has 0 atom stereocenters. The highest BCUT2D eigenvalue weighted by molar-refractivity contribution is 5.90. The molecule has 0 amide bonds. The number of carboxylic acid groups (broad SMARTS) is 1. The summed E-state index contributed by atoms with van der Waals surface area (Å²) in [7, 11) is 0. The van der Waals surface area contributed by atoms with Crippen LogP contribution in [0.25, 0.3) is 11.0 Å². The number of hydrogen-bond acceptors (Lipinski definition) is 4. The average molecular weight is 283 g/mol. The molecule has 106 valence electrons. The summed E-state index contributed by atoms with van der Waals surface area (Å²) in [6.45, 7) is 0.812. The molecule has 0 aliphatic carbocycles. The molecule has 2 aromatic carbocycles. The van der Waals surface area contributed by atoms with Gasteiger partial charge in [0, 0.05) is 0 Å². The molecule has 6 nitrogen and oxygen atoms in total. The molecule has 6 heteroatoms. The quantitative estimate of drug-likeness (QED) is 0.776. The Balaban J connectivity index is 1.71. The second-order valence-electron chi connectivity index (χ2n) is 4.45. The zero-order valence-corrected chi connectivity index (χ0v) is 11.1. The third-order valence-electron chi connectivity index (χ3n) is 3.10. The van der Waals surface area contributed by atoms with Crippen LogP contribution in [0.4, 0.5) is 0 Å². The molecule has 0 saturated heterocycles. The van der Waals surface area contributed by atoms with Crippen molar-refractivity contribution in [3.63, 3.8) is 0 Å². The summed E-state index contributed by atoms with van der Waals surface area (Å²) in [5.41, 5.74) is 1.90. The maximum atomic E-state index is 11.1. The Hall–Kier alpha value is -2.89. The predicted octanol–water partition coefficient (Wildman–Crippen LogP) is 2.21. The number of aromatic carboxylic acids is 1. The minimum absolute atomic E-state index is 0.154. The molecule has 1 aromatic heterocycles. The molecular formula is C15H13N3O3. The molecule has 0 radical (unpaired) electrons. The standard InChI is InChI=1S/C15H13N3O3/c19-15(20)11-5-1-4-8-14(11)21-10-9-18-13-7-3-2-6-12(13)16-17-18/h1-8H,9-10H2,(H,19,20). The molecule has 0 bridgehead atoms. The summed E-state index contributed by atoms with van der Waals surface area (Å²) in [4.78, 5) is 11.1. The van der Waals surface area contributed by atoms with Crippen LogP contribution >= 0.6 is 0 Å². The van der Waals surface area contributed by atoms with E-state index in [2.05, 4.69) is 10.3 Å². The highest BCUT2D eigenvalue weighted by Crippen LogP contribution is 2.18. The van der Waals surface area contributed by atoms with Gasteiger partial charge in [-0.05, 0) is 24.3 Å². The third-order valence-corrected chi connectivity index (χ3v) is 3.10. The van der Waals surface area contributed by atoms with Crippen LogP contribution in [-0.4, -0.2) is 32.7 Å². The first-order valence-electron chi connectivity index (χ1n) is 6.49. The Morgan fingerprint density at radius 1 is 1.14 bits per heavy atom. The van der Waals surface area contributed by atoms with Crippen molar-refractivity contribution < 1.29 is 14.6 Å². The number of fused-ring (bicyclic) bond motifs is 1. The Labute approximate surface area is 120 Å². The van der Waals surface area contributed by atoms with Crippen LogP contribution in [0.3, 0.4) is 0 Å². The van der Waals surface area contributed by atoms with Gasteiger partial charge in [-0.2, -0.15) is 0 Å². The van der Waals surface area contributed by atoms with E-state index in [-0.39, 0.29) is 5.56 Å². The Morgan fingerprint density at radius 2 is 1.90 bits per heavy atom. The number of carboxylic acids is 1. The maximum Gasteiger partial charge on any atom is 0.339 e. The summed E-state index contributed by atoms with van der Waals surface area (Å²) < 4.78 is 7.29. The molecule has 0 saturated carbocycles. The lowest BCUT2D eigenvalue weighted by molar-refractivity contribution is 0.0692. The van der Waals surface area contributed by atoms with Crippen LogP contribution in [-0.2, 0) is 6.54 Å². The zero-order chi connectivity index (χ0) is 14.7. The second kappa shape index (κ2) is 5.62. The van der Waals surface area contributed by atoms with Crippen molar-refractivity contribution in [2.24, 2.45) is 0 Å². The molecular weight excluding hydrogens is 270 g/mol. The topological polar surface area (TPSA) is 77.2 Å². The number of para-hydroxylation sites is 2. The predicted molar refractivity (Wildman–Crippen MR) is 76.4 cm³/mol. The average Bonchev–Trinajstić information content (AvgIpc) is 2.91. The zero-order valence-electron chi connectivity index (χ0n) is 11.1. The van der Waals surface area contributed by atoms with E-state index in [1.54, 1.807) is 22.9 Å². The summed E-state index contributed by atoms with van der Waals surface area (Å²) >= 11 is 0. The number of nitrogens with zero attached hydrogens (tertiary/aromatic N) is 3. The highest BCUT2D eigenvalue weighted by Gasteiger charge is 2.10. The molecule has 0 spiro atoms. The van der Waals surface area contributed by atoms with Crippen LogP contribution in [0.5, 0.6) is 5.75 Å². The smallest absolute Gasteiger partial charge is 0.339 e. The van der Waals surface area contributed by atoms with Crippen molar-refractivity contribution in [3.05, 3.63) is 54.1 Å². The first-order valence-corrected chi connectivity index (χ1v) is 6.49. The summed E-state index contributed by atoms with van der Waals surface area (Å²) in [6.07, 6.45) is 0. The summed E-state index contributed by atoms with van der Waals surface area (Å²) in [6, 6.07) is 14.2. The van der Waals surface area contributed by atoms with Crippen molar-refractivity contribution >= 4 is 17.0 Å². The monoisotopic (exact) mass is 283 g/mol. The number of rotatable bonds is 5. The van der Waals surface area contributed by atoms with Gasteiger partial charge in [0.2, 0.25) is 0 Å². The minimum Gasteiger partial charge on any atom is -0.491 e. The molecule has 1 N–H and O–H groups in total. The number of benzene rings is 2. The van der Waals surface area contributed by atoms with Crippen LogP contribution < -0.4 is 4.74 Å². The molecule has 0 aliphatic rings. The van der Waals surface area contributed by atoms with E-state index >= 15 is 0 Å². The molecule has 0 aliphatic heterocycles. The number of aromatic nitrogens is 3. The Bertz CT molecular complexity index is 782. The lowest BCUT2D eigenvalue weighted by Crippen LogP contribution is -2.11. The molecule has 1 heterocycles. The molecule has 3 rings (SSSR count). The van der Waals surface area contributed by atoms with Gasteiger partial charge in [-0.3, -0.25) is 0 Å². The fourth-order valence-electron chi connectivity index (χ4n) is 2.09. The van der Waals surface area contributed by atoms with Crippen molar-refractivity contribution in [3.8, 4) is 5.75 Å². The minimum atomic E-state index is -1.00. The molecule has 0 unspecified atom stereocenters. The van der Waals surface area contributed by atoms with E-state index in [9.17, 15) is 4.79 Å². The van der Waals surface area contributed by atoms with E-state index < -0.39 is 5.97 Å². The second-order valence-corrected chi connectivity index (χ2v) is 4.45. The van der Waals surface area contributed by atoms with Crippen LogP contribution in [0.2, 0.25) is 0 Å².